The van der Waals surface area contributed by atoms with Crippen LogP contribution in [-0.2, 0) is 4.57 Å². The number of hydrogen-bond acceptors (Lipinski definition) is 3. The Morgan fingerprint density at radius 3 is 1.79 bits per heavy atom. The topological polar surface area (TPSA) is 47.6 Å². The average Bonchev–Trinajstić information content (AvgIpc) is 2.66. The molecule has 3 aromatic carbocycles. The summed E-state index contributed by atoms with van der Waals surface area (Å²) in [6.07, 6.45) is 0. The van der Waals surface area contributed by atoms with Crippen LogP contribution in [0.5, 0.6) is 11.5 Å². The second-order valence-corrected chi connectivity index (χ2v) is 9.17. The van der Waals surface area contributed by atoms with E-state index in [0.29, 0.717) is 22.2 Å². The molecule has 29 heavy (non-hydrogen) atoms. The molecule has 3 rings (SSSR count). The molecule has 0 spiro atoms. The van der Waals surface area contributed by atoms with Crippen molar-refractivity contribution in [3.63, 3.8) is 0 Å². The molecular formula is C23H25ClNO3P. The van der Waals surface area contributed by atoms with Gasteiger partial charge in [-0.2, -0.15) is 0 Å². The molecular weight excluding hydrogens is 405 g/mol. The van der Waals surface area contributed by atoms with Crippen molar-refractivity contribution in [1.29, 1.82) is 0 Å². The van der Waals surface area contributed by atoms with Gasteiger partial charge in [0.1, 0.15) is 11.5 Å². The SMILES string of the molecule is Cc1ccc(Cl)cc1NP(=O)(Oc1cccc(C)c1C)Oc1cccc(C)c1C. The van der Waals surface area contributed by atoms with Crippen LogP contribution in [0.2, 0.25) is 5.02 Å². The molecule has 0 atom stereocenters. The summed E-state index contributed by atoms with van der Waals surface area (Å²) in [4.78, 5) is 0. The molecule has 0 aliphatic rings. The van der Waals surface area contributed by atoms with Crippen molar-refractivity contribution in [3.05, 3.63) is 87.4 Å². The summed E-state index contributed by atoms with van der Waals surface area (Å²) < 4.78 is 25.9. The van der Waals surface area contributed by atoms with E-state index >= 15 is 0 Å². The quantitative estimate of drug-likeness (QED) is 0.410. The predicted octanol–water partition coefficient (Wildman–Crippen LogP) is 7.56. The van der Waals surface area contributed by atoms with Crippen molar-refractivity contribution < 1.29 is 13.6 Å². The number of rotatable bonds is 6. The molecule has 0 aliphatic carbocycles. The van der Waals surface area contributed by atoms with Gasteiger partial charge in [-0.25, -0.2) is 4.57 Å². The van der Waals surface area contributed by atoms with Gasteiger partial charge < -0.3 is 9.05 Å². The number of halogens is 1. The summed E-state index contributed by atoms with van der Waals surface area (Å²) in [6.45, 7) is 9.72. The maximum atomic E-state index is 13.9. The third-order valence-corrected chi connectivity index (χ3v) is 6.63. The highest BCUT2D eigenvalue weighted by Gasteiger charge is 2.31. The summed E-state index contributed by atoms with van der Waals surface area (Å²) >= 11 is 6.15. The van der Waals surface area contributed by atoms with Crippen molar-refractivity contribution in [2.24, 2.45) is 0 Å². The van der Waals surface area contributed by atoms with Crippen LogP contribution in [0.25, 0.3) is 0 Å². The van der Waals surface area contributed by atoms with Gasteiger partial charge in [0.15, 0.2) is 0 Å². The van der Waals surface area contributed by atoms with Gasteiger partial charge in [0.25, 0.3) is 0 Å². The van der Waals surface area contributed by atoms with Crippen molar-refractivity contribution in [2.75, 3.05) is 5.09 Å². The van der Waals surface area contributed by atoms with Gasteiger partial charge in [-0.05, 0) is 86.7 Å². The first-order valence-electron chi connectivity index (χ1n) is 9.34. The third kappa shape index (κ3) is 4.95. The van der Waals surface area contributed by atoms with E-state index in [0.717, 1.165) is 27.8 Å². The lowest BCUT2D eigenvalue weighted by Crippen LogP contribution is -2.12. The molecule has 0 unspecified atom stereocenters. The van der Waals surface area contributed by atoms with Gasteiger partial charge in [-0.1, -0.05) is 41.9 Å². The zero-order valence-corrected chi connectivity index (χ0v) is 18.9. The molecule has 3 aromatic rings. The van der Waals surface area contributed by atoms with Gasteiger partial charge in [0, 0.05) is 10.7 Å². The third-order valence-electron chi connectivity index (χ3n) is 5.00. The molecule has 0 bridgehead atoms. The van der Waals surface area contributed by atoms with E-state index in [2.05, 4.69) is 5.09 Å². The summed E-state index contributed by atoms with van der Waals surface area (Å²) in [5.41, 5.74) is 5.36. The highest BCUT2D eigenvalue weighted by atomic mass is 35.5. The zero-order chi connectivity index (χ0) is 21.2. The minimum absolute atomic E-state index is 0.505. The van der Waals surface area contributed by atoms with E-state index in [1.165, 1.54) is 0 Å². The molecule has 0 amide bonds. The van der Waals surface area contributed by atoms with Crippen molar-refractivity contribution in [2.45, 2.75) is 34.6 Å². The van der Waals surface area contributed by atoms with Crippen LogP contribution < -0.4 is 14.1 Å². The second-order valence-electron chi connectivity index (χ2n) is 7.15. The van der Waals surface area contributed by atoms with E-state index in [9.17, 15) is 4.57 Å². The smallest absolute Gasteiger partial charge is 0.400 e. The minimum atomic E-state index is -3.83. The minimum Gasteiger partial charge on any atom is -0.400 e. The second kappa shape index (κ2) is 8.52. The van der Waals surface area contributed by atoms with Crippen LogP contribution in [0.4, 0.5) is 5.69 Å². The number of benzene rings is 3. The Bertz CT molecular complexity index is 1030. The standard InChI is InChI=1S/C23H25ClNO3P/c1-15-8-6-10-22(18(15)4)27-29(26,25-21-14-20(24)13-12-17(21)3)28-23-11-7-9-16(2)19(23)5/h6-14H,1-5H3,(H,25,26). The zero-order valence-electron chi connectivity index (χ0n) is 17.2. The van der Waals surface area contributed by atoms with E-state index in [4.69, 9.17) is 20.6 Å². The Kier molecular flexibility index (Phi) is 6.26. The fourth-order valence-corrected chi connectivity index (χ4v) is 4.58. The van der Waals surface area contributed by atoms with E-state index in [1.807, 2.05) is 65.0 Å². The molecule has 4 nitrogen and oxygen atoms in total. The average molecular weight is 430 g/mol. The molecule has 0 heterocycles. The number of anilines is 1. The van der Waals surface area contributed by atoms with E-state index < -0.39 is 7.75 Å². The maximum absolute atomic E-state index is 13.9. The maximum Gasteiger partial charge on any atom is 0.541 e. The van der Waals surface area contributed by atoms with Crippen LogP contribution >= 0.6 is 19.3 Å². The van der Waals surface area contributed by atoms with E-state index in [-0.39, 0.29) is 0 Å². The monoisotopic (exact) mass is 429 g/mol. The summed E-state index contributed by atoms with van der Waals surface area (Å²) in [5, 5.41) is 3.51. The Morgan fingerprint density at radius 1 is 0.759 bits per heavy atom. The molecule has 0 saturated carbocycles. The van der Waals surface area contributed by atoms with Gasteiger partial charge in [0.05, 0.1) is 0 Å². The van der Waals surface area contributed by atoms with Gasteiger partial charge in [0.2, 0.25) is 0 Å². The molecule has 6 heteroatoms. The lowest BCUT2D eigenvalue weighted by atomic mass is 10.1. The van der Waals surface area contributed by atoms with Crippen LogP contribution in [0, 0.1) is 34.6 Å². The number of aryl methyl sites for hydroxylation is 3. The molecule has 0 saturated heterocycles. The first-order chi connectivity index (χ1) is 13.7. The van der Waals surface area contributed by atoms with Gasteiger partial charge >= 0.3 is 7.75 Å². The normalized spacial score (nSPS) is 11.2. The molecule has 1 N–H and O–H groups in total. The number of hydrogen-bond donors (Lipinski definition) is 1. The Hall–Kier alpha value is -2.42. The molecule has 0 radical (unpaired) electrons. The molecule has 0 aliphatic heterocycles. The van der Waals surface area contributed by atoms with Crippen LogP contribution in [0.15, 0.2) is 54.6 Å². The van der Waals surface area contributed by atoms with Crippen LogP contribution in [-0.4, -0.2) is 0 Å². The molecule has 0 aromatic heterocycles. The van der Waals surface area contributed by atoms with Crippen LogP contribution in [0.1, 0.15) is 27.8 Å². The largest absolute Gasteiger partial charge is 0.541 e. The highest BCUT2D eigenvalue weighted by molar-refractivity contribution is 7.56. The first kappa shape index (κ1) is 21.3. The molecule has 152 valence electrons. The van der Waals surface area contributed by atoms with Crippen LogP contribution in [0.3, 0.4) is 0 Å². The van der Waals surface area contributed by atoms with Gasteiger partial charge in [-0.15, -0.1) is 0 Å². The Balaban J connectivity index is 2.04. The lowest BCUT2D eigenvalue weighted by molar-refractivity contribution is 0.390. The predicted molar refractivity (Wildman–Crippen MR) is 121 cm³/mol. The lowest BCUT2D eigenvalue weighted by Gasteiger charge is -2.24. The first-order valence-corrected chi connectivity index (χ1v) is 11.3. The summed E-state index contributed by atoms with van der Waals surface area (Å²) in [5.74, 6) is 1.01. The van der Waals surface area contributed by atoms with Gasteiger partial charge in [-0.3, -0.25) is 5.09 Å². The molecule has 0 fully saturated rings. The van der Waals surface area contributed by atoms with E-state index in [1.54, 1.807) is 24.3 Å². The number of nitrogens with one attached hydrogen (secondary N) is 1. The fourth-order valence-electron chi connectivity index (χ4n) is 2.83. The fraction of sp³-hybridized carbons (Fsp3) is 0.217. The highest BCUT2D eigenvalue weighted by Crippen LogP contribution is 2.50. The Labute approximate surface area is 177 Å². The summed E-state index contributed by atoms with van der Waals surface area (Å²) in [7, 11) is -3.83. The summed E-state index contributed by atoms with van der Waals surface area (Å²) in [6, 6.07) is 16.6. The van der Waals surface area contributed by atoms with Crippen molar-refractivity contribution >= 4 is 25.0 Å². The van der Waals surface area contributed by atoms with Crippen molar-refractivity contribution in [1.82, 2.24) is 0 Å². The van der Waals surface area contributed by atoms with Crippen molar-refractivity contribution in [3.8, 4) is 11.5 Å². The Morgan fingerprint density at radius 2 is 1.28 bits per heavy atom.